The molecule has 5 heteroatoms. The Morgan fingerprint density at radius 1 is 0.963 bits per heavy atom. The van der Waals surface area contributed by atoms with Crippen molar-refractivity contribution < 1.29 is 9.18 Å². The maximum absolute atomic E-state index is 13.6. The largest absolute Gasteiger partial charge is 0.371 e. The van der Waals surface area contributed by atoms with Crippen LogP contribution < -0.4 is 9.80 Å². The van der Waals surface area contributed by atoms with Crippen LogP contribution in [-0.2, 0) is 0 Å². The maximum Gasteiger partial charge on any atom is 0.186 e. The van der Waals surface area contributed by atoms with Gasteiger partial charge in [-0.15, -0.1) is 0 Å². The van der Waals surface area contributed by atoms with Crippen molar-refractivity contribution in [1.82, 2.24) is 4.98 Å². The molecule has 3 heterocycles. The highest BCUT2D eigenvalue weighted by Crippen LogP contribution is 2.27. The zero-order valence-corrected chi connectivity index (χ0v) is 15.6. The number of carbonyl (C=O) groups is 1. The van der Waals surface area contributed by atoms with Crippen molar-refractivity contribution in [2.24, 2.45) is 5.92 Å². The van der Waals surface area contributed by atoms with Gasteiger partial charge < -0.3 is 9.80 Å². The molecule has 2 aromatic rings. The number of hydrogen-bond donors (Lipinski definition) is 0. The Balaban J connectivity index is 1.49. The normalized spacial score (nSPS) is 20.6. The first kappa shape index (κ1) is 18.0. The van der Waals surface area contributed by atoms with E-state index in [0.29, 0.717) is 12.2 Å². The summed E-state index contributed by atoms with van der Waals surface area (Å²) in [6.07, 6.45) is 7.24. The third-order valence-electron chi connectivity index (χ3n) is 5.68. The Hall–Kier alpha value is -2.43. The van der Waals surface area contributed by atoms with Crippen molar-refractivity contribution in [3.05, 3.63) is 54.1 Å². The fraction of sp³-hybridized carbons (Fsp3) is 0.455. The van der Waals surface area contributed by atoms with Crippen LogP contribution in [0.3, 0.4) is 0 Å². The number of rotatable bonds is 4. The monoisotopic (exact) mass is 367 g/mol. The highest BCUT2D eigenvalue weighted by Gasteiger charge is 2.28. The molecule has 4 nitrogen and oxygen atoms in total. The summed E-state index contributed by atoms with van der Waals surface area (Å²) >= 11 is 0. The van der Waals surface area contributed by atoms with E-state index >= 15 is 0 Å². The molecule has 2 aliphatic rings. The summed E-state index contributed by atoms with van der Waals surface area (Å²) in [5.74, 6) is -0.224. The van der Waals surface area contributed by atoms with Crippen LogP contribution >= 0.6 is 0 Å². The van der Waals surface area contributed by atoms with Gasteiger partial charge >= 0.3 is 0 Å². The van der Waals surface area contributed by atoms with Crippen LogP contribution in [-0.4, -0.2) is 36.9 Å². The smallest absolute Gasteiger partial charge is 0.186 e. The number of pyridine rings is 1. The molecule has 4 rings (SSSR count). The first-order valence-corrected chi connectivity index (χ1v) is 9.96. The first-order valence-electron chi connectivity index (χ1n) is 9.96. The van der Waals surface area contributed by atoms with Gasteiger partial charge in [0, 0.05) is 49.7 Å². The van der Waals surface area contributed by atoms with E-state index in [2.05, 4.69) is 14.8 Å². The molecule has 27 heavy (non-hydrogen) atoms. The number of Topliss-reactive ketones (excluding diaryl/α,β-unsaturated/α-hetero) is 1. The second kappa shape index (κ2) is 8.07. The average Bonchev–Trinajstić information content (AvgIpc) is 2.74. The topological polar surface area (TPSA) is 36.4 Å². The minimum atomic E-state index is -0.239. The fourth-order valence-electron chi connectivity index (χ4n) is 4.21. The second-order valence-electron chi connectivity index (χ2n) is 7.58. The van der Waals surface area contributed by atoms with Gasteiger partial charge in [-0.3, -0.25) is 9.78 Å². The van der Waals surface area contributed by atoms with Crippen LogP contribution in [0.5, 0.6) is 0 Å². The third-order valence-corrected chi connectivity index (χ3v) is 5.68. The van der Waals surface area contributed by atoms with Gasteiger partial charge in [-0.2, -0.15) is 0 Å². The van der Waals surface area contributed by atoms with E-state index < -0.39 is 0 Å². The molecular formula is C22H26FN3O. The third kappa shape index (κ3) is 4.12. The lowest BCUT2D eigenvalue weighted by Gasteiger charge is -2.34. The molecule has 0 spiro atoms. The van der Waals surface area contributed by atoms with Crippen LogP contribution in [0.25, 0.3) is 0 Å². The number of ketones is 1. The molecule has 2 aliphatic heterocycles. The van der Waals surface area contributed by atoms with E-state index in [-0.39, 0.29) is 17.5 Å². The SMILES string of the molecule is O=C(c1cc(N2CCCCC2)ccn1)[C@@H]1CCCN(c2cccc(F)c2)C1. The molecule has 0 amide bonds. The summed E-state index contributed by atoms with van der Waals surface area (Å²) in [7, 11) is 0. The predicted molar refractivity (Wildman–Crippen MR) is 106 cm³/mol. The molecule has 0 saturated carbocycles. The standard InChI is InChI=1S/C22H26FN3O/c23-18-7-4-8-19(14-18)26-13-5-6-17(16-26)22(27)21-15-20(9-10-24-21)25-11-2-1-3-12-25/h4,7-10,14-15,17H,1-3,5-6,11-13,16H2/t17-/m1/s1. The van der Waals surface area contributed by atoms with E-state index in [4.69, 9.17) is 0 Å². The van der Waals surface area contributed by atoms with E-state index in [1.54, 1.807) is 18.3 Å². The van der Waals surface area contributed by atoms with Crippen LogP contribution in [0.15, 0.2) is 42.6 Å². The van der Waals surface area contributed by atoms with Crippen molar-refractivity contribution in [1.29, 1.82) is 0 Å². The molecule has 0 radical (unpaired) electrons. The van der Waals surface area contributed by atoms with E-state index in [1.807, 2.05) is 18.2 Å². The molecule has 0 aliphatic carbocycles. The predicted octanol–water partition coefficient (Wildman–Crippen LogP) is 4.31. The molecule has 142 valence electrons. The zero-order chi connectivity index (χ0) is 18.6. The number of carbonyl (C=O) groups excluding carboxylic acids is 1. The van der Waals surface area contributed by atoms with Crippen molar-refractivity contribution in [3.8, 4) is 0 Å². The molecule has 0 bridgehead atoms. The Morgan fingerprint density at radius 2 is 1.74 bits per heavy atom. The quantitative estimate of drug-likeness (QED) is 0.755. The van der Waals surface area contributed by atoms with Crippen molar-refractivity contribution in [3.63, 3.8) is 0 Å². The van der Waals surface area contributed by atoms with Crippen molar-refractivity contribution >= 4 is 17.2 Å². The number of piperidine rings is 2. The van der Waals surface area contributed by atoms with Crippen LogP contribution in [0, 0.1) is 11.7 Å². The number of anilines is 2. The Labute approximate surface area is 160 Å². The molecule has 1 aromatic carbocycles. The van der Waals surface area contributed by atoms with E-state index in [0.717, 1.165) is 43.9 Å². The lowest BCUT2D eigenvalue weighted by atomic mass is 9.91. The molecule has 1 aromatic heterocycles. The minimum Gasteiger partial charge on any atom is -0.371 e. The van der Waals surface area contributed by atoms with E-state index in [9.17, 15) is 9.18 Å². The summed E-state index contributed by atoms with van der Waals surface area (Å²) in [5.41, 5.74) is 2.51. The number of halogens is 1. The second-order valence-corrected chi connectivity index (χ2v) is 7.58. The van der Waals surface area contributed by atoms with Gasteiger partial charge in [-0.1, -0.05) is 6.07 Å². The number of benzene rings is 1. The summed E-state index contributed by atoms with van der Waals surface area (Å²) in [4.78, 5) is 21.9. The van der Waals surface area contributed by atoms with Crippen molar-refractivity contribution in [2.75, 3.05) is 36.0 Å². The summed E-state index contributed by atoms with van der Waals surface area (Å²) < 4.78 is 13.6. The van der Waals surface area contributed by atoms with Gasteiger partial charge in [-0.25, -0.2) is 4.39 Å². The van der Waals surface area contributed by atoms with Gasteiger partial charge in [-0.05, 0) is 62.4 Å². The molecule has 2 saturated heterocycles. The first-order chi connectivity index (χ1) is 13.2. The summed E-state index contributed by atoms with van der Waals surface area (Å²) in [6, 6.07) is 10.6. The lowest BCUT2D eigenvalue weighted by Crippen LogP contribution is -2.39. The van der Waals surface area contributed by atoms with Crippen LogP contribution in [0.4, 0.5) is 15.8 Å². The number of aromatic nitrogens is 1. The Morgan fingerprint density at radius 3 is 2.56 bits per heavy atom. The molecule has 0 N–H and O–H groups in total. The van der Waals surface area contributed by atoms with Crippen LogP contribution in [0.1, 0.15) is 42.6 Å². The van der Waals surface area contributed by atoms with Gasteiger partial charge in [0.05, 0.1) is 0 Å². The summed E-state index contributed by atoms with van der Waals surface area (Å²) in [5, 5.41) is 0. The van der Waals surface area contributed by atoms with Crippen LogP contribution in [0.2, 0.25) is 0 Å². The fourth-order valence-corrected chi connectivity index (χ4v) is 4.21. The Kier molecular flexibility index (Phi) is 5.37. The van der Waals surface area contributed by atoms with Gasteiger partial charge in [0.2, 0.25) is 0 Å². The Bertz CT molecular complexity index is 804. The lowest BCUT2D eigenvalue weighted by molar-refractivity contribution is 0.0902. The van der Waals surface area contributed by atoms with E-state index in [1.165, 1.54) is 25.3 Å². The zero-order valence-electron chi connectivity index (χ0n) is 15.6. The maximum atomic E-state index is 13.6. The number of nitrogens with zero attached hydrogens (tertiary/aromatic N) is 3. The average molecular weight is 367 g/mol. The highest BCUT2D eigenvalue weighted by molar-refractivity contribution is 5.97. The molecule has 0 unspecified atom stereocenters. The van der Waals surface area contributed by atoms with Gasteiger partial charge in [0.15, 0.2) is 5.78 Å². The number of hydrogen-bond acceptors (Lipinski definition) is 4. The summed E-state index contributed by atoms with van der Waals surface area (Å²) in [6.45, 7) is 3.58. The van der Waals surface area contributed by atoms with Crippen molar-refractivity contribution in [2.45, 2.75) is 32.1 Å². The molecule has 1 atom stereocenters. The highest BCUT2D eigenvalue weighted by atomic mass is 19.1. The molecular weight excluding hydrogens is 341 g/mol. The molecule has 2 fully saturated rings. The van der Waals surface area contributed by atoms with Gasteiger partial charge in [0.1, 0.15) is 11.5 Å². The van der Waals surface area contributed by atoms with Gasteiger partial charge in [0.25, 0.3) is 0 Å². The minimum absolute atomic E-state index is 0.0916.